The number of rotatable bonds is 4. The van der Waals surface area contributed by atoms with E-state index in [4.69, 9.17) is 0 Å². The molecule has 108 valence electrons. The minimum Gasteiger partial charge on any atom is -0.504 e. The SMILES string of the molecule is Cl.Oc1ccc([C@H](CCF)N2CCNCC2)cc1O. The fourth-order valence-electron chi connectivity index (χ4n) is 2.40. The highest BCUT2D eigenvalue weighted by atomic mass is 35.5. The van der Waals surface area contributed by atoms with Crippen LogP contribution in [0.2, 0.25) is 0 Å². The third kappa shape index (κ3) is 3.96. The molecule has 2 rings (SSSR count). The van der Waals surface area contributed by atoms with Crippen LogP contribution in [0.15, 0.2) is 18.2 Å². The van der Waals surface area contributed by atoms with Crippen molar-refractivity contribution in [1.29, 1.82) is 0 Å². The van der Waals surface area contributed by atoms with E-state index in [-0.39, 0.29) is 29.9 Å². The highest BCUT2D eigenvalue weighted by Gasteiger charge is 2.22. The van der Waals surface area contributed by atoms with Crippen molar-refractivity contribution in [1.82, 2.24) is 10.2 Å². The van der Waals surface area contributed by atoms with Crippen molar-refractivity contribution in [2.75, 3.05) is 32.9 Å². The Bertz CT molecular complexity index is 400. The quantitative estimate of drug-likeness (QED) is 0.741. The van der Waals surface area contributed by atoms with Gasteiger partial charge in [-0.3, -0.25) is 9.29 Å². The Morgan fingerprint density at radius 1 is 1.21 bits per heavy atom. The molecular formula is C13H20ClFN2O2. The molecule has 0 radical (unpaired) electrons. The first-order valence-electron chi connectivity index (χ1n) is 6.25. The number of piperazine rings is 1. The molecule has 1 saturated heterocycles. The largest absolute Gasteiger partial charge is 0.504 e. The molecule has 19 heavy (non-hydrogen) atoms. The molecule has 1 aliphatic heterocycles. The predicted octanol–water partition coefficient (Wildman–Crippen LogP) is 1.83. The number of aromatic hydroxyl groups is 2. The van der Waals surface area contributed by atoms with Crippen LogP contribution in [0.1, 0.15) is 18.0 Å². The summed E-state index contributed by atoms with van der Waals surface area (Å²) < 4.78 is 12.7. The highest BCUT2D eigenvalue weighted by molar-refractivity contribution is 5.85. The van der Waals surface area contributed by atoms with Gasteiger partial charge < -0.3 is 15.5 Å². The lowest BCUT2D eigenvalue weighted by Gasteiger charge is -2.35. The molecule has 0 aromatic heterocycles. The monoisotopic (exact) mass is 290 g/mol. The first-order chi connectivity index (χ1) is 8.72. The normalized spacial score (nSPS) is 17.7. The van der Waals surface area contributed by atoms with E-state index in [1.165, 1.54) is 12.1 Å². The average Bonchev–Trinajstić information content (AvgIpc) is 2.40. The number of phenolic OH excluding ortho intramolecular Hbond substituents is 2. The van der Waals surface area contributed by atoms with E-state index in [9.17, 15) is 14.6 Å². The van der Waals surface area contributed by atoms with E-state index < -0.39 is 6.67 Å². The number of benzene rings is 1. The zero-order valence-electron chi connectivity index (χ0n) is 10.7. The van der Waals surface area contributed by atoms with Crippen LogP contribution in [0.5, 0.6) is 11.5 Å². The van der Waals surface area contributed by atoms with Crippen LogP contribution in [0, 0.1) is 0 Å². The maximum atomic E-state index is 12.7. The number of hydrogen-bond donors (Lipinski definition) is 3. The van der Waals surface area contributed by atoms with Crippen LogP contribution in [0.25, 0.3) is 0 Å². The Morgan fingerprint density at radius 2 is 1.89 bits per heavy atom. The summed E-state index contributed by atoms with van der Waals surface area (Å²) in [4.78, 5) is 2.21. The van der Waals surface area contributed by atoms with Gasteiger partial charge in [0.25, 0.3) is 0 Å². The van der Waals surface area contributed by atoms with Crippen molar-refractivity contribution in [2.45, 2.75) is 12.5 Å². The van der Waals surface area contributed by atoms with Crippen molar-refractivity contribution in [3.8, 4) is 11.5 Å². The minimum atomic E-state index is -0.393. The number of phenols is 2. The third-order valence-electron chi connectivity index (χ3n) is 3.36. The van der Waals surface area contributed by atoms with Crippen molar-refractivity contribution >= 4 is 12.4 Å². The summed E-state index contributed by atoms with van der Waals surface area (Å²) in [5.41, 5.74) is 0.852. The molecule has 3 N–H and O–H groups in total. The molecule has 1 aromatic carbocycles. The second-order valence-corrected chi connectivity index (χ2v) is 4.53. The van der Waals surface area contributed by atoms with Crippen LogP contribution in [0.3, 0.4) is 0 Å². The van der Waals surface area contributed by atoms with Crippen molar-refractivity contribution in [3.63, 3.8) is 0 Å². The topological polar surface area (TPSA) is 55.7 Å². The van der Waals surface area contributed by atoms with Gasteiger partial charge in [0.15, 0.2) is 11.5 Å². The molecule has 0 unspecified atom stereocenters. The van der Waals surface area contributed by atoms with Gasteiger partial charge in [-0.2, -0.15) is 0 Å². The van der Waals surface area contributed by atoms with Gasteiger partial charge in [0.05, 0.1) is 6.67 Å². The van der Waals surface area contributed by atoms with E-state index in [1.54, 1.807) is 6.07 Å². The molecule has 0 bridgehead atoms. The van der Waals surface area contributed by atoms with Gasteiger partial charge in [0, 0.05) is 32.2 Å². The molecule has 1 aromatic rings. The van der Waals surface area contributed by atoms with Crippen molar-refractivity contribution in [3.05, 3.63) is 23.8 Å². The Hall–Kier alpha value is -1.04. The lowest BCUT2D eigenvalue weighted by molar-refractivity contribution is 0.157. The molecular weight excluding hydrogens is 271 g/mol. The summed E-state index contributed by atoms with van der Waals surface area (Å²) in [5, 5.41) is 22.1. The van der Waals surface area contributed by atoms with Gasteiger partial charge in [-0.1, -0.05) is 6.07 Å². The lowest BCUT2D eigenvalue weighted by Crippen LogP contribution is -2.45. The first-order valence-corrected chi connectivity index (χ1v) is 6.25. The van der Waals surface area contributed by atoms with Crippen LogP contribution < -0.4 is 5.32 Å². The van der Waals surface area contributed by atoms with Gasteiger partial charge in [0.2, 0.25) is 0 Å². The van der Waals surface area contributed by atoms with Gasteiger partial charge in [-0.15, -0.1) is 12.4 Å². The molecule has 1 aliphatic rings. The molecule has 0 aliphatic carbocycles. The zero-order chi connectivity index (χ0) is 13.0. The highest BCUT2D eigenvalue weighted by Crippen LogP contribution is 2.32. The standard InChI is InChI=1S/C13H19FN2O2.ClH/c14-4-3-11(16-7-5-15-6-8-16)10-1-2-12(17)13(18)9-10;/h1-2,9,11,15,17-18H,3-8H2;1H/t11-;/m0./s1. The summed E-state index contributed by atoms with van der Waals surface area (Å²) in [6.45, 7) is 3.13. The third-order valence-corrected chi connectivity index (χ3v) is 3.36. The van der Waals surface area contributed by atoms with Crippen molar-refractivity contribution < 1.29 is 14.6 Å². The van der Waals surface area contributed by atoms with Crippen LogP contribution in [-0.4, -0.2) is 48.0 Å². The summed E-state index contributed by atoms with van der Waals surface area (Å²) in [6.07, 6.45) is 0.407. The number of halogens is 2. The molecule has 1 fully saturated rings. The Kier molecular flexibility index (Phi) is 6.34. The van der Waals surface area contributed by atoms with E-state index in [0.29, 0.717) is 6.42 Å². The smallest absolute Gasteiger partial charge is 0.157 e. The van der Waals surface area contributed by atoms with Crippen molar-refractivity contribution in [2.24, 2.45) is 0 Å². The van der Waals surface area contributed by atoms with E-state index in [1.807, 2.05) is 0 Å². The number of nitrogens with zero attached hydrogens (tertiary/aromatic N) is 1. The van der Waals surface area contributed by atoms with E-state index >= 15 is 0 Å². The predicted molar refractivity (Wildman–Crippen MR) is 74.8 cm³/mol. The van der Waals surface area contributed by atoms with E-state index in [2.05, 4.69) is 10.2 Å². The van der Waals surface area contributed by atoms with Crippen LogP contribution in [-0.2, 0) is 0 Å². The second kappa shape index (κ2) is 7.53. The number of hydrogen-bond acceptors (Lipinski definition) is 4. The Labute approximate surface area is 118 Å². The van der Waals surface area contributed by atoms with Gasteiger partial charge in [-0.05, 0) is 24.1 Å². The maximum Gasteiger partial charge on any atom is 0.157 e. The molecule has 4 nitrogen and oxygen atoms in total. The molecule has 0 saturated carbocycles. The summed E-state index contributed by atoms with van der Waals surface area (Å²) in [5.74, 6) is -0.287. The van der Waals surface area contributed by atoms with E-state index in [0.717, 1.165) is 31.7 Å². The summed E-state index contributed by atoms with van der Waals surface area (Å²) >= 11 is 0. The molecule has 0 spiro atoms. The second-order valence-electron chi connectivity index (χ2n) is 4.53. The zero-order valence-corrected chi connectivity index (χ0v) is 11.5. The van der Waals surface area contributed by atoms with Gasteiger partial charge >= 0.3 is 0 Å². The Morgan fingerprint density at radius 3 is 2.47 bits per heavy atom. The fraction of sp³-hybridized carbons (Fsp3) is 0.538. The van der Waals surface area contributed by atoms with Crippen LogP contribution >= 0.6 is 12.4 Å². The molecule has 0 amide bonds. The van der Waals surface area contributed by atoms with Crippen LogP contribution in [0.4, 0.5) is 4.39 Å². The molecule has 6 heteroatoms. The Balaban J connectivity index is 0.00000180. The average molecular weight is 291 g/mol. The number of alkyl halides is 1. The summed E-state index contributed by atoms with van der Waals surface area (Å²) in [7, 11) is 0. The number of nitrogens with one attached hydrogen (secondary N) is 1. The molecule has 1 atom stereocenters. The minimum absolute atomic E-state index is 0. The maximum absolute atomic E-state index is 12.7. The van der Waals surface area contributed by atoms with Gasteiger partial charge in [-0.25, -0.2) is 0 Å². The first kappa shape index (κ1) is 16.0. The summed E-state index contributed by atoms with van der Waals surface area (Å²) in [6, 6.07) is 4.69. The molecule has 1 heterocycles. The fourth-order valence-corrected chi connectivity index (χ4v) is 2.40. The lowest BCUT2D eigenvalue weighted by atomic mass is 10.0. The van der Waals surface area contributed by atoms with Gasteiger partial charge in [0.1, 0.15) is 0 Å².